The monoisotopic (exact) mass is 471 g/mol. The molecular weight excluding hydrogens is 448 g/mol. The number of halogens is 3. The normalized spacial score (nSPS) is 15.7. The standard InChI is InChI=1S/C21H24ClF2N3O3S/c22-16-2-1-3-18(13-16)31(29,30)25-9-6-21(28)26-17-7-10-27(11-8-17)14-15-4-5-19(23)20(24)12-15/h1-5,12-13,17,25H,6-11,14H2,(H,26,28). The number of sulfonamides is 1. The van der Waals surface area contributed by atoms with Crippen molar-refractivity contribution in [2.75, 3.05) is 19.6 Å². The van der Waals surface area contributed by atoms with Gasteiger partial charge in [0.15, 0.2) is 11.6 Å². The van der Waals surface area contributed by atoms with Crippen LogP contribution in [-0.2, 0) is 21.4 Å². The Morgan fingerprint density at radius 3 is 2.52 bits per heavy atom. The Labute approximate surface area is 185 Å². The molecular formula is C21H24ClF2N3O3S. The number of hydrogen-bond acceptors (Lipinski definition) is 4. The summed E-state index contributed by atoms with van der Waals surface area (Å²) in [5.41, 5.74) is 0.702. The maximum absolute atomic E-state index is 13.3. The van der Waals surface area contributed by atoms with Gasteiger partial charge in [0.2, 0.25) is 15.9 Å². The fourth-order valence-electron chi connectivity index (χ4n) is 3.45. The van der Waals surface area contributed by atoms with E-state index in [1.54, 1.807) is 18.2 Å². The number of rotatable bonds is 8. The minimum absolute atomic E-state index is 0.00163. The van der Waals surface area contributed by atoms with Crippen molar-refractivity contribution >= 4 is 27.5 Å². The summed E-state index contributed by atoms with van der Waals surface area (Å²) < 4.78 is 53.2. The summed E-state index contributed by atoms with van der Waals surface area (Å²) in [5.74, 6) is -1.95. The fourth-order valence-corrected chi connectivity index (χ4v) is 4.78. The van der Waals surface area contributed by atoms with E-state index in [-0.39, 0.29) is 29.8 Å². The number of nitrogens with one attached hydrogen (secondary N) is 2. The number of nitrogens with zero attached hydrogens (tertiary/aromatic N) is 1. The molecule has 0 radical (unpaired) electrons. The first kappa shape index (κ1) is 23.6. The van der Waals surface area contributed by atoms with E-state index in [2.05, 4.69) is 14.9 Å². The average Bonchev–Trinajstić information content (AvgIpc) is 2.72. The van der Waals surface area contributed by atoms with Crippen molar-refractivity contribution in [1.82, 2.24) is 14.9 Å². The number of likely N-dealkylation sites (tertiary alicyclic amines) is 1. The summed E-state index contributed by atoms with van der Waals surface area (Å²) in [7, 11) is -3.73. The molecule has 1 heterocycles. The van der Waals surface area contributed by atoms with Crippen LogP contribution in [0.3, 0.4) is 0 Å². The van der Waals surface area contributed by atoms with Gasteiger partial charge in [-0.2, -0.15) is 0 Å². The van der Waals surface area contributed by atoms with Crippen LogP contribution in [0.15, 0.2) is 47.4 Å². The van der Waals surface area contributed by atoms with Gasteiger partial charge in [0.05, 0.1) is 4.90 Å². The first-order valence-corrected chi connectivity index (χ1v) is 11.8. The maximum atomic E-state index is 13.3. The van der Waals surface area contributed by atoms with Crippen molar-refractivity contribution in [2.24, 2.45) is 0 Å². The smallest absolute Gasteiger partial charge is 0.240 e. The van der Waals surface area contributed by atoms with E-state index in [1.807, 2.05) is 0 Å². The molecule has 0 spiro atoms. The zero-order valence-electron chi connectivity index (χ0n) is 16.8. The molecule has 0 unspecified atom stereocenters. The zero-order chi connectivity index (χ0) is 22.4. The van der Waals surface area contributed by atoms with Crippen LogP contribution in [0.5, 0.6) is 0 Å². The number of piperidine rings is 1. The molecule has 1 aliphatic rings. The van der Waals surface area contributed by atoms with Gasteiger partial charge >= 0.3 is 0 Å². The van der Waals surface area contributed by atoms with Crippen molar-refractivity contribution in [1.29, 1.82) is 0 Å². The molecule has 0 atom stereocenters. The highest BCUT2D eigenvalue weighted by atomic mass is 35.5. The predicted molar refractivity (Wildman–Crippen MR) is 114 cm³/mol. The summed E-state index contributed by atoms with van der Waals surface area (Å²) in [6.07, 6.45) is 1.47. The van der Waals surface area contributed by atoms with Gasteiger partial charge in [0.1, 0.15) is 0 Å². The molecule has 0 saturated carbocycles. The third-order valence-electron chi connectivity index (χ3n) is 5.09. The quantitative estimate of drug-likeness (QED) is 0.620. The number of carbonyl (C=O) groups excluding carboxylic acids is 1. The third-order valence-corrected chi connectivity index (χ3v) is 6.79. The van der Waals surface area contributed by atoms with Gasteiger partial charge in [-0.25, -0.2) is 21.9 Å². The van der Waals surface area contributed by atoms with Crippen molar-refractivity contribution in [3.05, 3.63) is 64.7 Å². The molecule has 31 heavy (non-hydrogen) atoms. The highest BCUT2D eigenvalue weighted by Gasteiger charge is 2.21. The van der Waals surface area contributed by atoms with E-state index in [9.17, 15) is 22.0 Å². The van der Waals surface area contributed by atoms with Crippen LogP contribution in [0.2, 0.25) is 5.02 Å². The Morgan fingerprint density at radius 1 is 1.10 bits per heavy atom. The SMILES string of the molecule is O=C(CCNS(=O)(=O)c1cccc(Cl)c1)NC1CCN(Cc2ccc(F)c(F)c2)CC1. The lowest BCUT2D eigenvalue weighted by Crippen LogP contribution is -2.45. The lowest BCUT2D eigenvalue weighted by molar-refractivity contribution is -0.121. The van der Waals surface area contributed by atoms with E-state index >= 15 is 0 Å². The Hall–Kier alpha value is -2.07. The topological polar surface area (TPSA) is 78.5 Å². The van der Waals surface area contributed by atoms with Crippen LogP contribution >= 0.6 is 11.6 Å². The maximum Gasteiger partial charge on any atom is 0.240 e. The van der Waals surface area contributed by atoms with Gasteiger partial charge in [-0.05, 0) is 48.7 Å². The second-order valence-electron chi connectivity index (χ2n) is 7.47. The fraction of sp³-hybridized carbons (Fsp3) is 0.381. The molecule has 10 heteroatoms. The summed E-state index contributed by atoms with van der Waals surface area (Å²) in [6.45, 7) is 1.93. The summed E-state index contributed by atoms with van der Waals surface area (Å²) >= 11 is 5.82. The molecule has 6 nitrogen and oxygen atoms in total. The van der Waals surface area contributed by atoms with Gasteiger partial charge in [-0.1, -0.05) is 23.7 Å². The Kier molecular flexibility index (Phi) is 7.99. The molecule has 2 aromatic rings. The Bertz CT molecular complexity index is 1030. The first-order valence-electron chi connectivity index (χ1n) is 9.94. The van der Waals surface area contributed by atoms with Gasteiger partial charge in [-0.3, -0.25) is 9.69 Å². The third kappa shape index (κ3) is 6.96. The van der Waals surface area contributed by atoms with Crippen LogP contribution in [0.25, 0.3) is 0 Å². The van der Waals surface area contributed by atoms with E-state index in [0.29, 0.717) is 30.2 Å². The molecule has 1 saturated heterocycles. The minimum Gasteiger partial charge on any atom is -0.353 e. The number of hydrogen-bond donors (Lipinski definition) is 2. The van der Waals surface area contributed by atoms with Crippen molar-refractivity contribution in [3.63, 3.8) is 0 Å². The summed E-state index contributed by atoms with van der Waals surface area (Å²) in [4.78, 5) is 14.3. The first-order chi connectivity index (χ1) is 14.7. The van der Waals surface area contributed by atoms with Crippen LogP contribution in [0, 0.1) is 11.6 Å². The van der Waals surface area contributed by atoms with Crippen LogP contribution in [-0.4, -0.2) is 44.9 Å². The van der Waals surface area contributed by atoms with Crippen molar-refractivity contribution < 1.29 is 22.0 Å². The molecule has 2 N–H and O–H groups in total. The summed E-state index contributed by atoms with van der Waals surface area (Å²) in [5, 5.41) is 3.24. The second kappa shape index (κ2) is 10.5. The highest BCUT2D eigenvalue weighted by molar-refractivity contribution is 7.89. The number of benzene rings is 2. The van der Waals surface area contributed by atoms with Crippen LogP contribution in [0.1, 0.15) is 24.8 Å². The van der Waals surface area contributed by atoms with Crippen molar-refractivity contribution in [3.8, 4) is 0 Å². The predicted octanol–water partition coefficient (Wildman–Crippen LogP) is 3.07. The molecule has 168 valence electrons. The van der Waals surface area contributed by atoms with E-state index < -0.39 is 21.7 Å². The molecule has 1 fully saturated rings. The molecule has 1 aliphatic heterocycles. The Morgan fingerprint density at radius 2 is 1.84 bits per heavy atom. The van der Waals surface area contributed by atoms with Gasteiger partial charge in [0.25, 0.3) is 0 Å². The Balaban J connectivity index is 1.38. The lowest BCUT2D eigenvalue weighted by Gasteiger charge is -2.32. The van der Waals surface area contributed by atoms with E-state index in [0.717, 1.165) is 18.9 Å². The van der Waals surface area contributed by atoms with Gasteiger partial charge < -0.3 is 5.32 Å². The van der Waals surface area contributed by atoms with Crippen LogP contribution < -0.4 is 10.0 Å². The number of carbonyl (C=O) groups is 1. The minimum atomic E-state index is -3.73. The number of amides is 1. The molecule has 2 aromatic carbocycles. The molecule has 0 aromatic heterocycles. The molecule has 3 rings (SSSR count). The second-order valence-corrected chi connectivity index (χ2v) is 9.67. The molecule has 1 amide bonds. The van der Waals surface area contributed by atoms with Crippen molar-refractivity contribution in [2.45, 2.75) is 36.7 Å². The molecule has 0 aliphatic carbocycles. The largest absolute Gasteiger partial charge is 0.353 e. The molecule has 0 bridgehead atoms. The lowest BCUT2D eigenvalue weighted by atomic mass is 10.0. The highest BCUT2D eigenvalue weighted by Crippen LogP contribution is 2.17. The zero-order valence-corrected chi connectivity index (χ0v) is 18.4. The average molecular weight is 472 g/mol. The van der Waals surface area contributed by atoms with E-state index in [4.69, 9.17) is 11.6 Å². The van der Waals surface area contributed by atoms with Gasteiger partial charge in [0, 0.05) is 43.7 Å². The van der Waals surface area contributed by atoms with E-state index in [1.165, 1.54) is 18.2 Å². The van der Waals surface area contributed by atoms with Crippen LogP contribution in [0.4, 0.5) is 8.78 Å². The van der Waals surface area contributed by atoms with Gasteiger partial charge in [-0.15, -0.1) is 0 Å². The summed E-state index contributed by atoms with van der Waals surface area (Å²) in [6, 6.07) is 9.79.